The fraction of sp³-hybridized carbons (Fsp3) is 0.400. The van der Waals surface area contributed by atoms with E-state index in [2.05, 4.69) is 29.1 Å². The van der Waals surface area contributed by atoms with Crippen molar-refractivity contribution in [3.63, 3.8) is 0 Å². The average Bonchev–Trinajstić information content (AvgIpc) is 2.46. The van der Waals surface area contributed by atoms with Gasteiger partial charge in [0.05, 0.1) is 21.4 Å². The lowest BCUT2D eigenvalue weighted by atomic mass is 9.98. The molecule has 6 heteroatoms. The summed E-state index contributed by atoms with van der Waals surface area (Å²) < 4.78 is 0. The predicted molar refractivity (Wildman–Crippen MR) is 84.8 cm³/mol. The fourth-order valence-corrected chi connectivity index (χ4v) is 3.00. The van der Waals surface area contributed by atoms with Crippen LogP contribution in [0.4, 0.5) is 0 Å². The van der Waals surface area contributed by atoms with E-state index in [0.717, 1.165) is 30.9 Å². The molecule has 3 heterocycles. The van der Waals surface area contributed by atoms with E-state index >= 15 is 0 Å². The van der Waals surface area contributed by atoms with Crippen LogP contribution in [0.5, 0.6) is 0 Å². The summed E-state index contributed by atoms with van der Waals surface area (Å²) in [7, 11) is 0. The maximum Gasteiger partial charge on any atom is 0.180 e. The van der Waals surface area contributed by atoms with Gasteiger partial charge in [-0.15, -0.1) is 0 Å². The van der Waals surface area contributed by atoms with Crippen molar-refractivity contribution in [3.8, 4) is 11.5 Å². The molecule has 0 radical (unpaired) electrons. The molecular weight excluding hydrogens is 307 g/mol. The molecule has 0 atom stereocenters. The van der Waals surface area contributed by atoms with Gasteiger partial charge < -0.3 is 5.32 Å². The third-order valence-electron chi connectivity index (χ3n) is 3.53. The number of hydrogen-bond donors (Lipinski definition) is 1. The van der Waals surface area contributed by atoms with Crippen LogP contribution in [0.2, 0.25) is 10.0 Å². The summed E-state index contributed by atoms with van der Waals surface area (Å²) in [5.41, 5.74) is 3.96. The number of rotatable bonds is 2. The van der Waals surface area contributed by atoms with Crippen LogP contribution in [0.3, 0.4) is 0 Å². The van der Waals surface area contributed by atoms with Gasteiger partial charge in [-0.3, -0.25) is 0 Å². The van der Waals surface area contributed by atoms with E-state index in [4.69, 9.17) is 28.2 Å². The molecule has 3 rings (SSSR count). The van der Waals surface area contributed by atoms with Crippen molar-refractivity contribution >= 4 is 23.2 Å². The minimum Gasteiger partial charge on any atom is -0.312 e. The Bertz CT molecular complexity index is 686. The summed E-state index contributed by atoms with van der Waals surface area (Å²) >= 11 is 12.1. The van der Waals surface area contributed by atoms with Gasteiger partial charge in [-0.1, -0.05) is 37.0 Å². The number of nitrogens with zero attached hydrogens (tertiary/aromatic N) is 3. The van der Waals surface area contributed by atoms with E-state index < -0.39 is 0 Å². The molecule has 2 aromatic rings. The molecule has 0 bridgehead atoms. The SMILES string of the molecule is CC(C)c1nc(-c2ncc(Cl)cc2Cl)nc2c1CNCC2. The Morgan fingerprint density at radius 3 is 2.76 bits per heavy atom. The second-order valence-electron chi connectivity index (χ2n) is 5.42. The first-order chi connectivity index (χ1) is 10.1. The van der Waals surface area contributed by atoms with Crippen LogP contribution in [0.25, 0.3) is 11.5 Å². The molecule has 2 aromatic heterocycles. The number of pyridine rings is 1. The van der Waals surface area contributed by atoms with Crippen LogP contribution < -0.4 is 5.32 Å². The third-order valence-corrected chi connectivity index (χ3v) is 4.03. The maximum absolute atomic E-state index is 6.24. The van der Waals surface area contributed by atoms with E-state index in [1.807, 2.05) is 0 Å². The Morgan fingerprint density at radius 2 is 2.05 bits per heavy atom. The monoisotopic (exact) mass is 322 g/mol. The zero-order valence-corrected chi connectivity index (χ0v) is 13.5. The van der Waals surface area contributed by atoms with E-state index in [-0.39, 0.29) is 0 Å². The molecule has 4 nitrogen and oxygen atoms in total. The van der Waals surface area contributed by atoms with Crippen molar-refractivity contribution in [2.45, 2.75) is 32.7 Å². The molecule has 1 aliphatic heterocycles. The second kappa shape index (κ2) is 5.87. The van der Waals surface area contributed by atoms with Gasteiger partial charge in [0.15, 0.2) is 5.82 Å². The van der Waals surface area contributed by atoms with Crippen LogP contribution in [0, 0.1) is 0 Å². The zero-order chi connectivity index (χ0) is 15.0. The highest BCUT2D eigenvalue weighted by Gasteiger charge is 2.21. The first-order valence-corrected chi connectivity index (χ1v) is 7.73. The Balaban J connectivity index is 2.17. The van der Waals surface area contributed by atoms with E-state index in [1.165, 1.54) is 5.56 Å². The number of aromatic nitrogens is 3. The van der Waals surface area contributed by atoms with Gasteiger partial charge >= 0.3 is 0 Å². The van der Waals surface area contributed by atoms with Crippen LogP contribution in [-0.4, -0.2) is 21.5 Å². The summed E-state index contributed by atoms with van der Waals surface area (Å²) in [6.45, 7) is 6.03. The van der Waals surface area contributed by atoms with E-state index in [0.29, 0.717) is 27.5 Å². The number of fused-ring (bicyclic) bond motifs is 1. The molecule has 0 unspecified atom stereocenters. The van der Waals surface area contributed by atoms with Crippen molar-refractivity contribution in [2.24, 2.45) is 0 Å². The summed E-state index contributed by atoms with van der Waals surface area (Å²) in [5.74, 6) is 0.910. The first kappa shape index (κ1) is 14.7. The van der Waals surface area contributed by atoms with Gasteiger partial charge in [0, 0.05) is 31.3 Å². The van der Waals surface area contributed by atoms with Crippen molar-refractivity contribution in [1.82, 2.24) is 20.3 Å². The van der Waals surface area contributed by atoms with Crippen LogP contribution >= 0.6 is 23.2 Å². The minimum atomic E-state index is 0.325. The van der Waals surface area contributed by atoms with Gasteiger partial charge in [0.25, 0.3) is 0 Å². The second-order valence-corrected chi connectivity index (χ2v) is 6.27. The molecule has 21 heavy (non-hydrogen) atoms. The highest BCUT2D eigenvalue weighted by Crippen LogP contribution is 2.29. The lowest BCUT2D eigenvalue weighted by molar-refractivity contribution is 0.609. The van der Waals surface area contributed by atoms with Crippen LogP contribution in [0.1, 0.15) is 36.7 Å². The van der Waals surface area contributed by atoms with Gasteiger partial charge in [-0.2, -0.15) is 0 Å². The number of hydrogen-bond acceptors (Lipinski definition) is 4. The molecule has 1 aliphatic rings. The summed E-state index contributed by atoms with van der Waals surface area (Å²) in [6.07, 6.45) is 2.47. The molecule has 0 fully saturated rings. The number of halogens is 2. The third kappa shape index (κ3) is 2.89. The predicted octanol–water partition coefficient (Wildman–Crippen LogP) is 3.61. The molecule has 0 spiro atoms. The van der Waals surface area contributed by atoms with Crippen molar-refractivity contribution < 1.29 is 0 Å². The van der Waals surface area contributed by atoms with Gasteiger partial charge in [0.2, 0.25) is 0 Å². The minimum absolute atomic E-state index is 0.325. The molecule has 0 amide bonds. The lowest BCUT2D eigenvalue weighted by Gasteiger charge is -2.21. The van der Waals surface area contributed by atoms with Crippen LogP contribution in [0.15, 0.2) is 12.3 Å². The van der Waals surface area contributed by atoms with Gasteiger partial charge in [-0.25, -0.2) is 15.0 Å². The van der Waals surface area contributed by atoms with Crippen LogP contribution in [-0.2, 0) is 13.0 Å². The molecule has 0 saturated carbocycles. The van der Waals surface area contributed by atoms with Crippen molar-refractivity contribution in [1.29, 1.82) is 0 Å². The van der Waals surface area contributed by atoms with Crippen molar-refractivity contribution in [2.75, 3.05) is 6.54 Å². The topological polar surface area (TPSA) is 50.7 Å². The highest BCUT2D eigenvalue weighted by atomic mass is 35.5. The zero-order valence-electron chi connectivity index (χ0n) is 12.0. The molecule has 0 saturated heterocycles. The molecular formula is C15H16Cl2N4. The normalized spacial score (nSPS) is 14.3. The van der Waals surface area contributed by atoms with E-state index in [9.17, 15) is 0 Å². The molecule has 0 aliphatic carbocycles. The largest absolute Gasteiger partial charge is 0.312 e. The lowest BCUT2D eigenvalue weighted by Crippen LogP contribution is -2.27. The molecule has 110 valence electrons. The maximum atomic E-state index is 6.24. The Morgan fingerprint density at radius 1 is 1.24 bits per heavy atom. The van der Waals surface area contributed by atoms with Gasteiger partial charge in [-0.05, 0) is 12.0 Å². The summed E-state index contributed by atoms with van der Waals surface area (Å²) in [4.78, 5) is 13.7. The standard InChI is InChI=1S/C15H16Cl2N4/c1-8(2)13-10-7-18-4-3-12(10)20-15(21-13)14-11(17)5-9(16)6-19-14/h5-6,8,18H,3-4,7H2,1-2H3. The average molecular weight is 323 g/mol. The summed E-state index contributed by atoms with van der Waals surface area (Å²) in [6, 6.07) is 1.67. The van der Waals surface area contributed by atoms with Crippen molar-refractivity contribution in [3.05, 3.63) is 39.3 Å². The molecule has 1 N–H and O–H groups in total. The highest BCUT2D eigenvalue weighted by molar-refractivity contribution is 6.35. The Labute approximate surface area is 133 Å². The molecule has 0 aromatic carbocycles. The smallest absolute Gasteiger partial charge is 0.180 e. The number of nitrogens with one attached hydrogen (secondary N) is 1. The fourth-order valence-electron chi connectivity index (χ4n) is 2.53. The Kier molecular flexibility index (Phi) is 4.11. The van der Waals surface area contributed by atoms with Gasteiger partial charge in [0.1, 0.15) is 5.69 Å². The first-order valence-electron chi connectivity index (χ1n) is 6.98. The van der Waals surface area contributed by atoms with E-state index in [1.54, 1.807) is 12.3 Å². The quantitative estimate of drug-likeness (QED) is 0.917. The Hall–Kier alpha value is -1.23. The summed E-state index contributed by atoms with van der Waals surface area (Å²) in [5, 5.41) is 4.36.